The Labute approximate surface area is 425 Å². The van der Waals surface area contributed by atoms with Crippen LogP contribution in [-0.2, 0) is 14.3 Å². The van der Waals surface area contributed by atoms with Crippen LogP contribution in [0.1, 0.15) is 69.0 Å². The Bertz CT molecular complexity index is 2700. The van der Waals surface area contributed by atoms with Crippen molar-refractivity contribution in [2.75, 3.05) is 102 Å². The zero-order valence-corrected chi connectivity index (χ0v) is 42.5. The lowest BCUT2D eigenvalue weighted by Gasteiger charge is -2.47. The number of anilines is 2. The number of nitrogens with zero attached hydrogens (tertiary/aromatic N) is 9. The molecule has 19 heteroatoms. The highest BCUT2D eigenvalue weighted by atomic mass is 32.1. The van der Waals surface area contributed by atoms with Crippen molar-refractivity contribution in [1.29, 1.82) is 0 Å². The van der Waals surface area contributed by atoms with Gasteiger partial charge < -0.3 is 45.1 Å². The lowest BCUT2D eigenvalue weighted by atomic mass is 9.89. The Hall–Kier alpha value is -6.14. The number of amides is 2. The van der Waals surface area contributed by atoms with Gasteiger partial charge in [0.25, 0.3) is 5.88 Å². The molecule has 7 heterocycles. The third-order valence-electron chi connectivity index (χ3n) is 14.6. The van der Waals surface area contributed by atoms with Crippen molar-refractivity contribution in [1.82, 2.24) is 45.3 Å². The van der Waals surface area contributed by atoms with E-state index in [0.717, 1.165) is 99.1 Å². The number of rotatable bonds is 15. The van der Waals surface area contributed by atoms with Gasteiger partial charge in [-0.15, -0.1) is 21.5 Å². The molecule has 9 rings (SSSR count). The number of likely N-dealkylation sites (tertiary alicyclic amines) is 1. The summed E-state index contributed by atoms with van der Waals surface area (Å²) in [5.74, 6) is 6.57. The largest absolute Gasteiger partial charge is 0.507 e. The molecule has 72 heavy (non-hydrogen) atoms. The van der Waals surface area contributed by atoms with Gasteiger partial charge >= 0.3 is 0 Å². The van der Waals surface area contributed by atoms with Crippen molar-refractivity contribution in [3.63, 3.8) is 0 Å². The second-order valence-electron chi connectivity index (χ2n) is 19.9. The molecular formula is C53H67N11O7S. The minimum absolute atomic E-state index is 0.0558. The highest BCUT2D eigenvalue weighted by Crippen LogP contribution is 2.37. The fourth-order valence-electron chi connectivity index (χ4n) is 10.4. The second-order valence-corrected chi connectivity index (χ2v) is 20.7. The Morgan fingerprint density at radius 1 is 0.958 bits per heavy atom. The minimum atomic E-state index is -0.826. The van der Waals surface area contributed by atoms with Crippen LogP contribution in [0.25, 0.3) is 21.7 Å². The molecule has 0 bridgehead atoms. The van der Waals surface area contributed by atoms with Crippen molar-refractivity contribution in [3.8, 4) is 45.2 Å². The fraction of sp³-hybridized carbons (Fsp3) is 0.509. The molecule has 4 saturated heterocycles. The Morgan fingerprint density at radius 3 is 2.42 bits per heavy atom. The van der Waals surface area contributed by atoms with Gasteiger partial charge in [-0.05, 0) is 67.1 Å². The van der Waals surface area contributed by atoms with E-state index in [1.54, 1.807) is 29.5 Å². The first kappa shape index (κ1) is 50.8. The maximum Gasteiger partial charge on any atom is 0.254 e. The van der Waals surface area contributed by atoms with E-state index in [-0.39, 0.29) is 48.1 Å². The van der Waals surface area contributed by atoms with Crippen LogP contribution >= 0.6 is 11.3 Å². The fourth-order valence-corrected chi connectivity index (χ4v) is 11.2. The van der Waals surface area contributed by atoms with E-state index in [1.807, 2.05) is 75.7 Å². The molecule has 1 spiro atoms. The molecular weight excluding hydrogens is 935 g/mol. The third kappa shape index (κ3) is 11.9. The average molecular weight is 1000 g/mol. The van der Waals surface area contributed by atoms with Crippen molar-refractivity contribution < 1.29 is 33.8 Å². The van der Waals surface area contributed by atoms with Crippen LogP contribution in [0.4, 0.5) is 11.5 Å². The number of ether oxygens (including phenoxy) is 2. The van der Waals surface area contributed by atoms with Crippen molar-refractivity contribution in [3.05, 3.63) is 83.2 Å². The monoisotopic (exact) mass is 1000 g/mol. The zero-order chi connectivity index (χ0) is 50.4. The van der Waals surface area contributed by atoms with Gasteiger partial charge in [0.15, 0.2) is 11.6 Å². The van der Waals surface area contributed by atoms with Gasteiger partial charge in [-0.3, -0.25) is 24.3 Å². The summed E-state index contributed by atoms with van der Waals surface area (Å²) in [5, 5.41) is 36.8. The molecule has 5 aromatic rings. The molecule has 2 aromatic carbocycles. The predicted octanol–water partition coefficient (Wildman–Crippen LogP) is 4.80. The quantitative estimate of drug-likeness (QED) is 0.104. The summed E-state index contributed by atoms with van der Waals surface area (Å²) in [6.45, 7) is 17.9. The number of aromatic nitrogens is 4. The zero-order valence-electron chi connectivity index (χ0n) is 41.7. The molecule has 4 aliphatic heterocycles. The maximum absolute atomic E-state index is 14.2. The minimum Gasteiger partial charge on any atom is -0.507 e. The number of nitrogen functional groups attached to an aromatic ring is 1. The van der Waals surface area contributed by atoms with Crippen LogP contribution in [0.2, 0.25) is 0 Å². The summed E-state index contributed by atoms with van der Waals surface area (Å²) in [6, 6.07) is 17.6. The van der Waals surface area contributed by atoms with Crippen LogP contribution in [0, 0.1) is 24.7 Å². The standard InChI is InChI=1S/C53H67N11O7S/c1-35(2)48(52(68)64-32-40(65)29-44(64)51(67)56-36(3)38-11-13-39(14-12-38)49-37(4)55-34-72-49)46-31-47(59-71-46)69-27-25-61-23-21-60(22-24-61)17-7-8-18-62-26-28-70-53(33-62)15-19-63(20-16-53)43-30-42(57-58-50(43)54)41-9-5-6-10-45(41)66/h5-6,9-14,30-31,34-36,40,44,48,65-66H,15-29,32-33H2,1-4H3,(H2,54,58)(H,56,67)/t36-,40+,44-,48-/m0/s1. The highest BCUT2D eigenvalue weighted by molar-refractivity contribution is 7.13. The number of aromatic hydroxyl groups is 1. The number of benzene rings is 2. The number of thiazole rings is 1. The average Bonchev–Trinajstić information content (AvgIpc) is 4.14. The van der Waals surface area contributed by atoms with E-state index in [1.165, 1.54) is 4.90 Å². The molecule has 0 unspecified atom stereocenters. The topological polar surface area (TPSA) is 212 Å². The summed E-state index contributed by atoms with van der Waals surface area (Å²) < 4.78 is 18.2. The number of para-hydroxylation sites is 1. The second kappa shape index (κ2) is 22.7. The number of carbonyl (C=O) groups is 2. The van der Waals surface area contributed by atoms with Crippen LogP contribution in [0.5, 0.6) is 11.6 Å². The van der Waals surface area contributed by atoms with Crippen LogP contribution in [0.3, 0.4) is 0 Å². The first-order chi connectivity index (χ1) is 34.8. The predicted molar refractivity (Wildman–Crippen MR) is 275 cm³/mol. The summed E-state index contributed by atoms with van der Waals surface area (Å²) in [5.41, 5.74) is 12.9. The molecule has 3 aromatic heterocycles. The number of piperidine rings is 1. The Kier molecular flexibility index (Phi) is 16.0. The number of hydrogen-bond donors (Lipinski definition) is 4. The van der Waals surface area contributed by atoms with Gasteiger partial charge in [-0.25, -0.2) is 4.98 Å². The molecule has 4 fully saturated rings. The van der Waals surface area contributed by atoms with Crippen molar-refractivity contribution in [2.45, 2.75) is 76.7 Å². The van der Waals surface area contributed by atoms with Gasteiger partial charge in [0, 0.05) is 83.5 Å². The number of aliphatic hydroxyl groups excluding tert-OH is 1. The highest BCUT2D eigenvalue weighted by Gasteiger charge is 2.44. The van der Waals surface area contributed by atoms with Gasteiger partial charge in [0.2, 0.25) is 11.8 Å². The van der Waals surface area contributed by atoms with E-state index in [2.05, 4.69) is 57.1 Å². The van der Waals surface area contributed by atoms with Crippen LogP contribution < -0.4 is 20.7 Å². The maximum atomic E-state index is 14.2. The molecule has 382 valence electrons. The molecule has 0 radical (unpaired) electrons. The smallest absolute Gasteiger partial charge is 0.254 e. The molecule has 5 N–H and O–H groups in total. The number of carbonyl (C=O) groups excluding carboxylic acids is 2. The van der Waals surface area contributed by atoms with E-state index in [4.69, 9.17) is 19.7 Å². The van der Waals surface area contributed by atoms with Gasteiger partial charge in [0.1, 0.15) is 24.3 Å². The summed E-state index contributed by atoms with van der Waals surface area (Å²) >= 11 is 1.59. The molecule has 4 atom stereocenters. The number of aryl methyl sites for hydroxylation is 1. The first-order valence-corrected chi connectivity index (χ1v) is 26.0. The summed E-state index contributed by atoms with van der Waals surface area (Å²) in [4.78, 5) is 44.3. The number of piperazine rings is 1. The van der Waals surface area contributed by atoms with Crippen LogP contribution in [0.15, 0.2) is 70.7 Å². The van der Waals surface area contributed by atoms with Crippen molar-refractivity contribution in [2.24, 2.45) is 5.92 Å². The summed E-state index contributed by atoms with van der Waals surface area (Å²) in [6.07, 6.45) is 1.05. The lowest BCUT2D eigenvalue weighted by molar-refractivity contribution is -0.141. The lowest BCUT2D eigenvalue weighted by Crippen LogP contribution is -2.57. The Balaban J connectivity index is 0.688. The first-order valence-electron chi connectivity index (χ1n) is 25.1. The molecule has 0 aliphatic carbocycles. The molecule has 18 nitrogen and oxygen atoms in total. The molecule has 0 saturated carbocycles. The van der Waals surface area contributed by atoms with E-state index < -0.39 is 18.1 Å². The van der Waals surface area contributed by atoms with Gasteiger partial charge in [-0.2, -0.15) is 0 Å². The van der Waals surface area contributed by atoms with E-state index >= 15 is 0 Å². The molecule has 4 aliphatic rings. The number of morpholine rings is 1. The number of phenolic OH excluding ortho intramolecular Hbond substituents is 1. The van der Waals surface area contributed by atoms with Gasteiger partial charge in [-0.1, -0.05) is 62.1 Å². The SMILES string of the molecule is Cc1ncsc1-c1ccc([C@H](C)NC(=O)[C@@H]2C[C@@H](O)CN2C(=O)[C@H](c2cc(OCCN3CCN(CC#CCN4CCOC5(CCN(c6cc(-c7ccccc7O)nnc6N)CC5)C4)CC3)no2)C(C)C)cc1. The summed E-state index contributed by atoms with van der Waals surface area (Å²) in [7, 11) is 0. The molecule has 2 amide bonds. The normalized spacial score (nSPS) is 20.6. The third-order valence-corrected chi connectivity index (χ3v) is 15.5. The van der Waals surface area contributed by atoms with Crippen LogP contribution in [-0.4, -0.2) is 171 Å². The van der Waals surface area contributed by atoms with E-state index in [9.17, 15) is 19.8 Å². The number of phenols is 1. The van der Waals surface area contributed by atoms with Gasteiger partial charge in [0.05, 0.1) is 64.9 Å². The number of hydrogen-bond acceptors (Lipinski definition) is 17. The van der Waals surface area contributed by atoms with Crippen molar-refractivity contribution >= 4 is 34.7 Å². The number of nitrogens with two attached hydrogens (primary N) is 1. The number of aliphatic hydroxyl groups is 1. The number of β-amino-alcohol motifs (C(OH)–C–C–N with tert-alkyl or cyclic N) is 1. The number of nitrogens with one attached hydrogen (secondary N) is 1. The Morgan fingerprint density at radius 2 is 1.69 bits per heavy atom. The van der Waals surface area contributed by atoms with E-state index in [0.29, 0.717) is 55.0 Å².